The highest BCUT2D eigenvalue weighted by atomic mass is 16.2. The van der Waals surface area contributed by atoms with Gasteiger partial charge in [0.2, 0.25) is 5.91 Å². The highest BCUT2D eigenvalue weighted by Gasteiger charge is 2.19. The first-order valence-corrected chi connectivity index (χ1v) is 5.99. The van der Waals surface area contributed by atoms with E-state index in [2.05, 4.69) is 11.4 Å². The minimum Gasteiger partial charge on any atom is -0.325 e. The first-order valence-electron chi connectivity index (χ1n) is 5.99. The van der Waals surface area contributed by atoms with Gasteiger partial charge in [-0.2, -0.15) is 5.26 Å². The normalized spacial score (nSPS) is 12.6. The number of nitriles is 1. The number of carbonyl (C=O) groups excluding carboxylic acids is 1. The Morgan fingerprint density at radius 3 is 2.44 bits per heavy atom. The molecule has 1 aromatic carbocycles. The van der Waals surface area contributed by atoms with Crippen molar-refractivity contribution in [2.75, 3.05) is 5.32 Å². The molecule has 0 heterocycles. The molecule has 0 aliphatic carbocycles. The maximum atomic E-state index is 11.6. The molecule has 1 atom stereocenters. The Morgan fingerprint density at radius 1 is 1.44 bits per heavy atom. The zero-order valence-electron chi connectivity index (χ0n) is 11.0. The fourth-order valence-corrected chi connectivity index (χ4v) is 1.46. The van der Waals surface area contributed by atoms with Gasteiger partial charge in [0.25, 0.3) is 0 Å². The number of hydrogen-bond acceptors (Lipinski definition) is 3. The lowest BCUT2D eigenvalue weighted by molar-refractivity contribution is -0.117. The van der Waals surface area contributed by atoms with Gasteiger partial charge in [0.1, 0.15) is 0 Å². The highest BCUT2D eigenvalue weighted by molar-refractivity contribution is 5.94. The van der Waals surface area contributed by atoms with Crippen molar-refractivity contribution in [2.24, 2.45) is 5.73 Å². The van der Waals surface area contributed by atoms with E-state index >= 15 is 0 Å². The van der Waals surface area contributed by atoms with Gasteiger partial charge in [-0.25, -0.2) is 0 Å². The Bertz CT molecular complexity index is 457. The maximum Gasteiger partial charge on any atom is 0.241 e. The van der Waals surface area contributed by atoms with Gasteiger partial charge in [0.15, 0.2) is 0 Å². The second-order valence-corrected chi connectivity index (χ2v) is 4.82. The summed E-state index contributed by atoms with van der Waals surface area (Å²) < 4.78 is 0. The molecule has 1 amide bonds. The summed E-state index contributed by atoms with van der Waals surface area (Å²) in [5, 5.41) is 11.8. The second-order valence-electron chi connectivity index (χ2n) is 4.82. The molecule has 3 N–H and O–H groups in total. The third kappa shape index (κ3) is 3.31. The summed E-state index contributed by atoms with van der Waals surface area (Å²) in [6, 6.07) is 9.01. The number of nitrogens with one attached hydrogen (secondary N) is 1. The first kappa shape index (κ1) is 14.2. The molecular weight excluding hydrogens is 226 g/mol. The summed E-state index contributed by atoms with van der Waals surface area (Å²) in [4.78, 5) is 11.6. The Morgan fingerprint density at radius 2 is 2.00 bits per heavy atom. The summed E-state index contributed by atoms with van der Waals surface area (Å²) in [5.41, 5.74) is 6.72. The molecule has 0 spiro atoms. The molecule has 18 heavy (non-hydrogen) atoms. The molecule has 0 saturated heterocycles. The number of carbonyl (C=O) groups is 1. The molecule has 0 saturated carbocycles. The summed E-state index contributed by atoms with van der Waals surface area (Å²) in [6.45, 7) is 5.57. The fourth-order valence-electron chi connectivity index (χ4n) is 1.46. The Labute approximate surface area is 108 Å². The van der Waals surface area contributed by atoms with Crippen LogP contribution in [0.15, 0.2) is 24.3 Å². The minimum atomic E-state index is -0.525. The van der Waals surface area contributed by atoms with Crippen LogP contribution in [0.3, 0.4) is 0 Å². The Balaban J connectivity index is 2.79. The lowest BCUT2D eigenvalue weighted by Crippen LogP contribution is -2.34. The summed E-state index contributed by atoms with van der Waals surface area (Å²) in [5.74, 6) is -0.190. The van der Waals surface area contributed by atoms with Crippen LogP contribution in [-0.4, -0.2) is 11.9 Å². The second kappa shape index (κ2) is 5.65. The summed E-state index contributed by atoms with van der Waals surface area (Å²) >= 11 is 0. The van der Waals surface area contributed by atoms with Gasteiger partial charge in [-0.3, -0.25) is 4.79 Å². The van der Waals surface area contributed by atoms with Crippen molar-refractivity contribution in [3.63, 3.8) is 0 Å². The van der Waals surface area contributed by atoms with E-state index in [0.29, 0.717) is 12.1 Å². The van der Waals surface area contributed by atoms with Gasteiger partial charge in [0.05, 0.1) is 17.5 Å². The Kier molecular flexibility index (Phi) is 4.46. The smallest absolute Gasteiger partial charge is 0.241 e. The third-order valence-electron chi connectivity index (χ3n) is 2.93. The monoisotopic (exact) mass is 245 g/mol. The van der Waals surface area contributed by atoms with E-state index in [1.807, 2.05) is 32.9 Å². The minimum absolute atomic E-state index is 0.190. The molecule has 1 rings (SSSR count). The lowest BCUT2D eigenvalue weighted by Gasteiger charge is -2.16. The third-order valence-corrected chi connectivity index (χ3v) is 2.93. The fraction of sp³-hybridized carbons (Fsp3) is 0.429. The van der Waals surface area contributed by atoms with Crippen LogP contribution >= 0.6 is 0 Å². The summed E-state index contributed by atoms with van der Waals surface area (Å²) in [7, 11) is 0. The van der Waals surface area contributed by atoms with Crippen LogP contribution in [0.1, 0.15) is 32.8 Å². The average Bonchev–Trinajstić information content (AvgIpc) is 2.38. The van der Waals surface area contributed by atoms with E-state index in [0.717, 1.165) is 5.56 Å². The number of anilines is 1. The van der Waals surface area contributed by atoms with Crippen LogP contribution in [0.2, 0.25) is 0 Å². The molecule has 0 fully saturated rings. The van der Waals surface area contributed by atoms with Gasteiger partial charge in [-0.05, 0) is 38.0 Å². The topological polar surface area (TPSA) is 78.9 Å². The number of nitrogens with two attached hydrogens (primary N) is 1. The predicted molar refractivity (Wildman–Crippen MR) is 72.0 cm³/mol. The van der Waals surface area contributed by atoms with Crippen molar-refractivity contribution < 1.29 is 4.79 Å². The van der Waals surface area contributed by atoms with E-state index in [4.69, 9.17) is 11.0 Å². The van der Waals surface area contributed by atoms with Crippen LogP contribution in [-0.2, 0) is 10.2 Å². The molecule has 1 unspecified atom stereocenters. The molecule has 0 radical (unpaired) electrons. The van der Waals surface area contributed by atoms with Crippen molar-refractivity contribution in [2.45, 2.75) is 38.6 Å². The molecule has 0 aliphatic heterocycles. The molecule has 1 aromatic rings. The number of amides is 1. The van der Waals surface area contributed by atoms with Gasteiger partial charge in [0, 0.05) is 5.69 Å². The van der Waals surface area contributed by atoms with Gasteiger partial charge >= 0.3 is 0 Å². The van der Waals surface area contributed by atoms with E-state index in [-0.39, 0.29) is 5.91 Å². The van der Waals surface area contributed by atoms with Gasteiger partial charge in [-0.1, -0.05) is 19.1 Å². The average molecular weight is 245 g/mol. The molecule has 0 aliphatic rings. The molecule has 4 nitrogen and oxygen atoms in total. The predicted octanol–water partition coefficient (Wildman–Crippen LogP) is 2.16. The van der Waals surface area contributed by atoms with Crippen LogP contribution in [0.4, 0.5) is 5.69 Å². The summed E-state index contributed by atoms with van der Waals surface area (Å²) in [6.07, 6.45) is 0.603. The van der Waals surface area contributed by atoms with Gasteiger partial charge < -0.3 is 11.1 Å². The van der Waals surface area contributed by atoms with Crippen molar-refractivity contribution in [1.29, 1.82) is 5.26 Å². The quantitative estimate of drug-likeness (QED) is 0.853. The van der Waals surface area contributed by atoms with E-state index in [1.54, 1.807) is 12.1 Å². The molecule has 4 heteroatoms. The highest BCUT2D eigenvalue weighted by Crippen LogP contribution is 2.23. The van der Waals surface area contributed by atoms with Crippen molar-refractivity contribution in [3.8, 4) is 6.07 Å². The molecule has 0 bridgehead atoms. The van der Waals surface area contributed by atoms with Crippen LogP contribution < -0.4 is 11.1 Å². The van der Waals surface area contributed by atoms with E-state index < -0.39 is 11.5 Å². The van der Waals surface area contributed by atoms with Crippen molar-refractivity contribution in [3.05, 3.63) is 29.8 Å². The van der Waals surface area contributed by atoms with Crippen LogP contribution in [0, 0.1) is 11.3 Å². The van der Waals surface area contributed by atoms with E-state index in [9.17, 15) is 4.79 Å². The van der Waals surface area contributed by atoms with E-state index in [1.165, 1.54) is 0 Å². The zero-order chi connectivity index (χ0) is 13.8. The number of benzene rings is 1. The number of rotatable bonds is 4. The van der Waals surface area contributed by atoms with Crippen molar-refractivity contribution in [1.82, 2.24) is 0 Å². The lowest BCUT2D eigenvalue weighted by atomic mass is 9.86. The first-order chi connectivity index (χ1) is 8.40. The maximum absolute atomic E-state index is 11.6. The van der Waals surface area contributed by atoms with Crippen molar-refractivity contribution >= 4 is 11.6 Å². The van der Waals surface area contributed by atoms with Crippen LogP contribution in [0.25, 0.3) is 0 Å². The van der Waals surface area contributed by atoms with Gasteiger partial charge in [-0.15, -0.1) is 0 Å². The molecular formula is C14H19N3O. The standard InChI is InChI=1S/C14H19N3O/c1-4-12(16)13(18)17-11-7-5-10(6-8-11)14(2,3)9-15/h5-8,12H,4,16H2,1-3H3,(H,17,18). The Hall–Kier alpha value is -1.86. The largest absolute Gasteiger partial charge is 0.325 e. The SMILES string of the molecule is CCC(N)C(=O)Nc1ccc(C(C)(C)C#N)cc1. The van der Waals surface area contributed by atoms with Crippen LogP contribution in [0.5, 0.6) is 0 Å². The zero-order valence-corrected chi connectivity index (χ0v) is 11.0. The molecule has 96 valence electrons. The number of hydrogen-bond donors (Lipinski definition) is 2. The number of nitrogens with zero attached hydrogens (tertiary/aromatic N) is 1. The molecule has 0 aromatic heterocycles.